The van der Waals surface area contributed by atoms with Crippen LogP contribution in [0.1, 0.15) is 12.5 Å². The Balaban J connectivity index is 1.85. The van der Waals surface area contributed by atoms with Crippen molar-refractivity contribution in [1.82, 2.24) is 9.80 Å². The number of piperazine rings is 1. The van der Waals surface area contributed by atoms with Gasteiger partial charge < -0.3 is 5.73 Å². The number of nitrogens with zero attached hydrogens (tertiary/aromatic N) is 2. The van der Waals surface area contributed by atoms with Crippen LogP contribution in [0.15, 0.2) is 24.3 Å². The predicted octanol–water partition coefficient (Wildman–Crippen LogP) is 1.33. The Hall–Kier alpha value is -1.10. The quantitative estimate of drug-likeness (QED) is 0.906. The summed E-state index contributed by atoms with van der Waals surface area (Å²) in [6, 6.07) is 7.78. The van der Waals surface area contributed by atoms with Crippen LogP contribution in [0.2, 0.25) is 5.02 Å². The van der Waals surface area contributed by atoms with Gasteiger partial charge >= 0.3 is 0 Å². The number of carbonyl (C=O) groups excluding carboxylic acids is 1. The van der Waals surface area contributed by atoms with Gasteiger partial charge in [-0.3, -0.25) is 14.6 Å². The zero-order valence-corrected chi connectivity index (χ0v) is 11.9. The fourth-order valence-electron chi connectivity index (χ4n) is 2.38. The first kappa shape index (κ1) is 14.3. The molecule has 0 bridgehead atoms. The third-order valence-electron chi connectivity index (χ3n) is 3.66. The highest BCUT2D eigenvalue weighted by Crippen LogP contribution is 2.14. The van der Waals surface area contributed by atoms with Crippen molar-refractivity contribution in [2.75, 3.05) is 26.2 Å². The van der Waals surface area contributed by atoms with Crippen molar-refractivity contribution in [2.45, 2.75) is 19.5 Å². The van der Waals surface area contributed by atoms with E-state index in [4.69, 9.17) is 17.3 Å². The Bertz CT molecular complexity index is 444. The van der Waals surface area contributed by atoms with Crippen LogP contribution in [0.25, 0.3) is 0 Å². The molecule has 1 atom stereocenters. The number of amides is 1. The van der Waals surface area contributed by atoms with Gasteiger partial charge in [0, 0.05) is 37.7 Å². The standard InChI is InChI=1S/C14H20ClN3O/c1-11(14(16)19)18-7-5-17(6-8-18)10-12-3-2-4-13(15)9-12/h2-4,9,11H,5-8,10H2,1H3,(H2,16,19)/t11-/m1/s1. The largest absolute Gasteiger partial charge is 0.368 e. The Morgan fingerprint density at radius 2 is 2.05 bits per heavy atom. The number of primary amides is 1. The molecule has 2 N–H and O–H groups in total. The minimum absolute atomic E-state index is 0.173. The molecule has 5 heteroatoms. The van der Waals surface area contributed by atoms with E-state index < -0.39 is 0 Å². The highest BCUT2D eigenvalue weighted by Gasteiger charge is 2.23. The normalized spacial score (nSPS) is 19.3. The maximum absolute atomic E-state index is 11.2. The average molecular weight is 282 g/mol. The summed E-state index contributed by atoms with van der Waals surface area (Å²) in [7, 11) is 0. The first-order chi connectivity index (χ1) is 9.06. The van der Waals surface area contributed by atoms with Gasteiger partial charge in [-0.1, -0.05) is 23.7 Å². The Morgan fingerprint density at radius 3 is 2.63 bits per heavy atom. The summed E-state index contributed by atoms with van der Waals surface area (Å²) in [6.45, 7) is 6.43. The first-order valence-electron chi connectivity index (χ1n) is 6.56. The van der Waals surface area contributed by atoms with Gasteiger partial charge in [0.15, 0.2) is 0 Å². The van der Waals surface area contributed by atoms with Gasteiger partial charge in [0.05, 0.1) is 6.04 Å². The van der Waals surface area contributed by atoms with Crippen LogP contribution in [0.3, 0.4) is 0 Å². The molecule has 0 radical (unpaired) electrons. The summed E-state index contributed by atoms with van der Waals surface area (Å²) in [5.41, 5.74) is 6.56. The molecule has 1 heterocycles. The molecule has 1 aromatic rings. The third-order valence-corrected chi connectivity index (χ3v) is 3.90. The van der Waals surface area contributed by atoms with Gasteiger partial charge in [0.1, 0.15) is 0 Å². The molecule has 19 heavy (non-hydrogen) atoms. The highest BCUT2D eigenvalue weighted by atomic mass is 35.5. The molecule has 0 unspecified atom stereocenters. The van der Waals surface area contributed by atoms with Crippen LogP contribution in [0, 0.1) is 0 Å². The molecule has 1 aliphatic heterocycles. The summed E-state index contributed by atoms with van der Waals surface area (Å²) in [5.74, 6) is -0.247. The van der Waals surface area contributed by atoms with Crippen LogP contribution in [0.5, 0.6) is 0 Å². The molecule has 1 aromatic carbocycles. The highest BCUT2D eigenvalue weighted by molar-refractivity contribution is 6.30. The second-order valence-electron chi connectivity index (χ2n) is 5.02. The summed E-state index contributed by atoms with van der Waals surface area (Å²) in [4.78, 5) is 15.7. The second-order valence-corrected chi connectivity index (χ2v) is 5.46. The maximum Gasteiger partial charge on any atom is 0.234 e. The Morgan fingerprint density at radius 1 is 1.37 bits per heavy atom. The molecule has 1 fully saturated rings. The van der Waals surface area contributed by atoms with Crippen LogP contribution in [0.4, 0.5) is 0 Å². The fraction of sp³-hybridized carbons (Fsp3) is 0.500. The number of nitrogens with two attached hydrogens (primary N) is 1. The molecule has 4 nitrogen and oxygen atoms in total. The van der Waals surface area contributed by atoms with Crippen LogP contribution >= 0.6 is 11.6 Å². The molecular formula is C14H20ClN3O. The van der Waals surface area contributed by atoms with Crippen LogP contribution in [-0.2, 0) is 11.3 Å². The lowest BCUT2D eigenvalue weighted by molar-refractivity contribution is -0.123. The van der Waals surface area contributed by atoms with Crippen molar-refractivity contribution >= 4 is 17.5 Å². The van der Waals surface area contributed by atoms with Crippen molar-refractivity contribution in [3.8, 4) is 0 Å². The molecule has 0 spiro atoms. The van der Waals surface area contributed by atoms with Gasteiger partial charge in [-0.05, 0) is 24.6 Å². The molecule has 1 amide bonds. The van der Waals surface area contributed by atoms with Crippen molar-refractivity contribution in [1.29, 1.82) is 0 Å². The molecule has 2 rings (SSSR count). The minimum atomic E-state index is -0.247. The summed E-state index contributed by atoms with van der Waals surface area (Å²) in [5, 5.41) is 0.776. The van der Waals surface area contributed by atoms with E-state index in [1.54, 1.807) is 0 Å². The van der Waals surface area contributed by atoms with Crippen molar-refractivity contribution in [3.05, 3.63) is 34.9 Å². The number of halogens is 1. The lowest BCUT2D eigenvalue weighted by Gasteiger charge is -2.36. The Labute approximate surface area is 119 Å². The maximum atomic E-state index is 11.2. The molecule has 1 aliphatic rings. The van der Waals surface area contributed by atoms with Crippen LogP contribution < -0.4 is 5.73 Å². The zero-order valence-electron chi connectivity index (χ0n) is 11.2. The van der Waals surface area contributed by atoms with Crippen molar-refractivity contribution in [3.63, 3.8) is 0 Å². The van der Waals surface area contributed by atoms with Gasteiger partial charge in [-0.2, -0.15) is 0 Å². The van der Waals surface area contributed by atoms with E-state index in [2.05, 4.69) is 15.9 Å². The lowest BCUT2D eigenvalue weighted by Crippen LogP contribution is -2.52. The molecule has 0 aromatic heterocycles. The fourth-order valence-corrected chi connectivity index (χ4v) is 2.60. The van der Waals surface area contributed by atoms with Gasteiger partial charge in [-0.25, -0.2) is 0 Å². The number of hydrogen-bond acceptors (Lipinski definition) is 3. The number of carbonyl (C=O) groups is 1. The van der Waals surface area contributed by atoms with Crippen LogP contribution in [-0.4, -0.2) is 47.9 Å². The SMILES string of the molecule is C[C@H](C(N)=O)N1CCN(Cc2cccc(Cl)c2)CC1. The smallest absolute Gasteiger partial charge is 0.234 e. The minimum Gasteiger partial charge on any atom is -0.368 e. The predicted molar refractivity (Wildman–Crippen MR) is 77.0 cm³/mol. The number of hydrogen-bond donors (Lipinski definition) is 1. The second kappa shape index (κ2) is 6.37. The van der Waals surface area contributed by atoms with E-state index in [0.29, 0.717) is 0 Å². The third kappa shape index (κ3) is 3.93. The molecule has 104 valence electrons. The van der Waals surface area contributed by atoms with E-state index in [0.717, 1.165) is 37.7 Å². The molecule has 0 aliphatic carbocycles. The Kier molecular flexibility index (Phi) is 4.80. The van der Waals surface area contributed by atoms with E-state index in [1.165, 1.54) is 5.56 Å². The van der Waals surface area contributed by atoms with E-state index in [-0.39, 0.29) is 11.9 Å². The number of benzene rings is 1. The first-order valence-corrected chi connectivity index (χ1v) is 6.94. The zero-order chi connectivity index (χ0) is 13.8. The van der Waals surface area contributed by atoms with Gasteiger partial charge in [0.2, 0.25) is 5.91 Å². The summed E-state index contributed by atoms with van der Waals surface area (Å²) >= 11 is 5.98. The lowest BCUT2D eigenvalue weighted by atomic mass is 10.1. The van der Waals surface area contributed by atoms with Crippen molar-refractivity contribution < 1.29 is 4.79 Å². The van der Waals surface area contributed by atoms with Gasteiger partial charge in [-0.15, -0.1) is 0 Å². The van der Waals surface area contributed by atoms with E-state index >= 15 is 0 Å². The monoisotopic (exact) mass is 281 g/mol. The molecule has 1 saturated heterocycles. The van der Waals surface area contributed by atoms with E-state index in [1.807, 2.05) is 25.1 Å². The van der Waals surface area contributed by atoms with Gasteiger partial charge in [0.25, 0.3) is 0 Å². The summed E-state index contributed by atoms with van der Waals surface area (Å²) in [6.07, 6.45) is 0. The average Bonchev–Trinajstić information content (AvgIpc) is 2.39. The van der Waals surface area contributed by atoms with E-state index in [9.17, 15) is 4.79 Å². The molecular weight excluding hydrogens is 262 g/mol. The topological polar surface area (TPSA) is 49.6 Å². The summed E-state index contributed by atoms with van der Waals surface area (Å²) < 4.78 is 0. The number of rotatable bonds is 4. The molecule has 0 saturated carbocycles. The van der Waals surface area contributed by atoms with Crippen molar-refractivity contribution in [2.24, 2.45) is 5.73 Å².